The van der Waals surface area contributed by atoms with Crippen LogP contribution in [0.4, 0.5) is 0 Å². The molecule has 1 heterocycles. The molecule has 1 rings (SSSR count). The lowest BCUT2D eigenvalue weighted by molar-refractivity contribution is 0.0835. The molecule has 0 radical (unpaired) electrons. The number of hydrogen-bond donors (Lipinski definition) is 1. The van der Waals surface area contributed by atoms with Crippen LogP contribution in [-0.4, -0.2) is 15.5 Å². The highest BCUT2D eigenvalue weighted by Gasteiger charge is 2.15. The van der Waals surface area contributed by atoms with Gasteiger partial charge in [-0.2, -0.15) is 0 Å². The zero-order valence-electron chi connectivity index (χ0n) is 9.03. The molecule has 0 bridgehead atoms. The van der Waals surface area contributed by atoms with Crippen LogP contribution < -0.4 is 11.2 Å². The first kappa shape index (κ1) is 11.4. The fourth-order valence-corrected chi connectivity index (χ4v) is 1.14. The lowest BCUT2D eigenvalue weighted by atomic mass is 10.1. The van der Waals surface area contributed by atoms with Gasteiger partial charge in [0.05, 0.1) is 0 Å². The summed E-state index contributed by atoms with van der Waals surface area (Å²) >= 11 is 0. The third-order valence-electron chi connectivity index (χ3n) is 2.39. The minimum Gasteiger partial charge on any atom is -0.274 e. The van der Waals surface area contributed by atoms with Crippen LogP contribution >= 0.6 is 0 Å². The number of rotatable bonds is 2. The summed E-state index contributed by atoms with van der Waals surface area (Å²) < 4.78 is 0.963. The Morgan fingerprint density at radius 2 is 2.13 bits per heavy atom. The molecule has 0 spiro atoms. The number of hydrogen-bond acceptors (Lipinski definition) is 3. The van der Waals surface area contributed by atoms with Gasteiger partial charge in [0.1, 0.15) is 0 Å². The molecule has 15 heavy (non-hydrogen) atoms. The molecular weight excluding hydrogens is 196 g/mol. The summed E-state index contributed by atoms with van der Waals surface area (Å²) in [5, 5.41) is 0. The van der Waals surface area contributed by atoms with Crippen molar-refractivity contribution in [2.24, 2.45) is 5.92 Å². The van der Waals surface area contributed by atoms with E-state index in [-0.39, 0.29) is 11.8 Å². The molecular formula is C10H14N2O3. The molecule has 5 nitrogen and oxygen atoms in total. The van der Waals surface area contributed by atoms with Gasteiger partial charge in [-0.1, -0.05) is 13.8 Å². The second-order valence-corrected chi connectivity index (χ2v) is 3.59. The summed E-state index contributed by atoms with van der Waals surface area (Å²) in [5.74, 6) is -0.519. The van der Waals surface area contributed by atoms with Gasteiger partial charge in [0.25, 0.3) is 5.56 Å². The van der Waals surface area contributed by atoms with Crippen LogP contribution in [0.2, 0.25) is 0 Å². The Kier molecular flexibility index (Phi) is 3.24. The largest absolute Gasteiger partial charge is 0.335 e. The third-order valence-corrected chi connectivity index (χ3v) is 2.39. The van der Waals surface area contributed by atoms with Crippen molar-refractivity contribution in [2.45, 2.75) is 27.2 Å². The highest BCUT2D eigenvalue weighted by Crippen LogP contribution is 2.03. The Morgan fingerprint density at radius 1 is 1.53 bits per heavy atom. The van der Waals surface area contributed by atoms with Gasteiger partial charge in [-0.15, -0.1) is 0 Å². The maximum absolute atomic E-state index is 11.7. The number of carbonyl (C=O) groups excluding carboxylic acids is 1. The molecule has 1 aromatic heterocycles. The van der Waals surface area contributed by atoms with Crippen LogP contribution in [-0.2, 0) is 0 Å². The summed E-state index contributed by atoms with van der Waals surface area (Å²) in [5.41, 5.74) is -0.768. The van der Waals surface area contributed by atoms with E-state index in [0.717, 1.165) is 4.57 Å². The van der Waals surface area contributed by atoms with E-state index in [1.807, 2.05) is 6.92 Å². The Hall–Kier alpha value is -1.65. The summed E-state index contributed by atoms with van der Waals surface area (Å²) in [6.45, 7) is 5.17. The molecule has 1 aromatic rings. The van der Waals surface area contributed by atoms with Crippen LogP contribution in [0.15, 0.2) is 15.8 Å². The Labute approximate surface area is 86.8 Å². The van der Waals surface area contributed by atoms with Crippen LogP contribution in [0, 0.1) is 12.8 Å². The van der Waals surface area contributed by atoms with E-state index in [1.165, 1.54) is 6.20 Å². The summed E-state index contributed by atoms with van der Waals surface area (Å²) in [7, 11) is 0. The maximum atomic E-state index is 11.7. The summed E-state index contributed by atoms with van der Waals surface area (Å²) in [4.78, 5) is 36.2. The molecule has 0 aliphatic heterocycles. The number of nitrogens with one attached hydrogen (secondary N) is 1. The van der Waals surface area contributed by atoms with Gasteiger partial charge in [0.2, 0.25) is 5.91 Å². The monoisotopic (exact) mass is 210 g/mol. The van der Waals surface area contributed by atoms with Gasteiger partial charge in [-0.25, -0.2) is 9.36 Å². The Bertz CT molecular complexity index is 484. The smallest absolute Gasteiger partial charge is 0.274 e. The molecule has 5 heteroatoms. The van der Waals surface area contributed by atoms with Crippen molar-refractivity contribution >= 4 is 5.91 Å². The van der Waals surface area contributed by atoms with Crippen molar-refractivity contribution in [1.82, 2.24) is 9.55 Å². The molecule has 0 aliphatic rings. The standard InChI is InChI=1S/C10H14N2O3/c1-4-6(2)9(14)12-5-7(3)8(13)11-10(12)15/h5-6H,4H2,1-3H3,(H,11,13,15). The lowest BCUT2D eigenvalue weighted by Gasteiger charge is -2.09. The van der Waals surface area contributed by atoms with Crippen molar-refractivity contribution in [3.8, 4) is 0 Å². The number of carbonyl (C=O) groups is 1. The highest BCUT2D eigenvalue weighted by atomic mass is 16.2. The van der Waals surface area contributed by atoms with Gasteiger partial charge in [-0.3, -0.25) is 14.6 Å². The van der Waals surface area contributed by atoms with Crippen molar-refractivity contribution in [1.29, 1.82) is 0 Å². The molecule has 1 N–H and O–H groups in total. The van der Waals surface area contributed by atoms with E-state index in [1.54, 1.807) is 13.8 Å². The second kappa shape index (κ2) is 4.25. The van der Waals surface area contributed by atoms with Crippen LogP contribution in [0.5, 0.6) is 0 Å². The van der Waals surface area contributed by atoms with Gasteiger partial charge in [0.15, 0.2) is 0 Å². The SMILES string of the molecule is CCC(C)C(=O)n1cc(C)c(=O)[nH]c1=O. The number of nitrogens with zero attached hydrogens (tertiary/aromatic N) is 1. The fraction of sp³-hybridized carbons (Fsp3) is 0.500. The quantitative estimate of drug-likeness (QED) is 0.774. The van der Waals surface area contributed by atoms with E-state index in [4.69, 9.17) is 0 Å². The number of aromatic amines is 1. The predicted molar refractivity (Wildman–Crippen MR) is 56.1 cm³/mol. The maximum Gasteiger partial charge on any atom is 0.335 e. The minimum atomic E-state index is -0.670. The van der Waals surface area contributed by atoms with Gasteiger partial charge in [0, 0.05) is 17.7 Å². The number of aromatic nitrogens is 2. The van der Waals surface area contributed by atoms with E-state index < -0.39 is 11.2 Å². The molecule has 0 amide bonds. The molecule has 1 unspecified atom stereocenters. The summed E-state index contributed by atoms with van der Waals surface area (Å²) in [6, 6.07) is 0. The lowest BCUT2D eigenvalue weighted by Crippen LogP contribution is -2.36. The Balaban J connectivity index is 3.27. The van der Waals surface area contributed by atoms with E-state index in [0.29, 0.717) is 12.0 Å². The van der Waals surface area contributed by atoms with Crippen molar-refractivity contribution in [3.63, 3.8) is 0 Å². The topological polar surface area (TPSA) is 71.9 Å². The molecule has 0 aromatic carbocycles. The average Bonchev–Trinajstić information content (AvgIpc) is 2.21. The molecule has 0 aliphatic carbocycles. The first-order valence-corrected chi connectivity index (χ1v) is 4.84. The Morgan fingerprint density at radius 3 is 2.67 bits per heavy atom. The van der Waals surface area contributed by atoms with Crippen LogP contribution in [0.1, 0.15) is 30.6 Å². The summed E-state index contributed by atoms with van der Waals surface area (Å²) in [6.07, 6.45) is 1.94. The first-order chi connectivity index (χ1) is 6.97. The average molecular weight is 210 g/mol. The van der Waals surface area contributed by atoms with E-state index >= 15 is 0 Å². The van der Waals surface area contributed by atoms with E-state index in [9.17, 15) is 14.4 Å². The second-order valence-electron chi connectivity index (χ2n) is 3.59. The molecule has 0 saturated carbocycles. The zero-order chi connectivity index (χ0) is 11.6. The normalized spacial score (nSPS) is 12.5. The number of H-pyrrole nitrogens is 1. The van der Waals surface area contributed by atoms with Crippen LogP contribution in [0.3, 0.4) is 0 Å². The number of aryl methyl sites for hydroxylation is 1. The van der Waals surface area contributed by atoms with Gasteiger partial charge in [-0.05, 0) is 13.3 Å². The molecule has 0 fully saturated rings. The molecule has 0 saturated heterocycles. The zero-order valence-corrected chi connectivity index (χ0v) is 9.03. The molecule has 1 atom stereocenters. The van der Waals surface area contributed by atoms with Crippen molar-refractivity contribution in [3.05, 3.63) is 32.6 Å². The van der Waals surface area contributed by atoms with E-state index in [2.05, 4.69) is 4.98 Å². The minimum absolute atomic E-state index is 0.229. The third kappa shape index (κ3) is 2.23. The van der Waals surface area contributed by atoms with Gasteiger partial charge >= 0.3 is 5.69 Å². The van der Waals surface area contributed by atoms with Gasteiger partial charge < -0.3 is 0 Å². The van der Waals surface area contributed by atoms with Crippen LogP contribution in [0.25, 0.3) is 0 Å². The first-order valence-electron chi connectivity index (χ1n) is 4.84. The fourth-order valence-electron chi connectivity index (χ4n) is 1.14. The predicted octanol–water partition coefficient (Wildman–Crippen LogP) is 0.531. The van der Waals surface area contributed by atoms with Crippen molar-refractivity contribution < 1.29 is 4.79 Å². The van der Waals surface area contributed by atoms with Crippen molar-refractivity contribution in [2.75, 3.05) is 0 Å². The highest BCUT2D eigenvalue weighted by molar-refractivity contribution is 5.80. The molecule has 82 valence electrons.